The van der Waals surface area contributed by atoms with Crippen LogP contribution >= 0.6 is 11.3 Å². The van der Waals surface area contributed by atoms with E-state index in [1.807, 2.05) is 44.2 Å². The molecule has 1 unspecified atom stereocenters. The number of hydrogen-bond donors (Lipinski definition) is 1. The summed E-state index contributed by atoms with van der Waals surface area (Å²) in [6.45, 7) is 3.77. The van der Waals surface area contributed by atoms with Gasteiger partial charge in [0.1, 0.15) is 9.88 Å². The smallest absolute Gasteiger partial charge is 0.263 e. The lowest BCUT2D eigenvalue weighted by atomic mass is 10.1. The summed E-state index contributed by atoms with van der Waals surface area (Å²) in [6.07, 6.45) is 3.46. The molecule has 0 radical (unpaired) electrons. The van der Waals surface area contributed by atoms with Gasteiger partial charge in [0.2, 0.25) is 0 Å². The number of carbonyl (C=O) groups excluding carboxylic acids is 1. The van der Waals surface area contributed by atoms with Gasteiger partial charge in [0.15, 0.2) is 11.5 Å². The number of rotatable bonds is 6. The number of aromatic nitrogens is 2. The molecule has 1 N–H and O–H groups in total. The molecule has 6 nitrogen and oxygen atoms in total. The van der Waals surface area contributed by atoms with Gasteiger partial charge in [-0.05, 0) is 43.7 Å². The van der Waals surface area contributed by atoms with Crippen molar-refractivity contribution in [3.8, 4) is 22.1 Å². The van der Waals surface area contributed by atoms with Crippen LogP contribution in [0.1, 0.15) is 33.9 Å². The van der Waals surface area contributed by atoms with Crippen LogP contribution in [0.25, 0.3) is 10.6 Å². The fourth-order valence-corrected chi connectivity index (χ4v) is 3.64. The Balaban J connectivity index is 1.83. The molecule has 0 aliphatic rings. The summed E-state index contributed by atoms with van der Waals surface area (Å²) < 4.78 is 10.6. The topological polar surface area (TPSA) is 73.3 Å². The SMILES string of the molecule is COc1ccc(-c2nc(C)c(C(=O)NC(C)c3cccnc3)s2)cc1OC. The summed E-state index contributed by atoms with van der Waals surface area (Å²) in [5.74, 6) is 1.13. The van der Waals surface area contributed by atoms with Crippen molar-refractivity contribution in [2.75, 3.05) is 14.2 Å². The van der Waals surface area contributed by atoms with Gasteiger partial charge in [0.25, 0.3) is 5.91 Å². The minimum atomic E-state index is -0.145. The van der Waals surface area contributed by atoms with Gasteiger partial charge in [-0.2, -0.15) is 0 Å². The monoisotopic (exact) mass is 383 g/mol. The molecule has 0 bridgehead atoms. The number of hydrogen-bond acceptors (Lipinski definition) is 6. The molecule has 1 amide bonds. The van der Waals surface area contributed by atoms with E-state index in [-0.39, 0.29) is 11.9 Å². The van der Waals surface area contributed by atoms with Gasteiger partial charge >= 0.3 is 0 Å². The lowest BCUT2D eigenvalue weighted by Gasteiger charge is -2.13. The zero-order chi connectivity index (χ0) is 19.4. The Bertz CT molecular complexity index is 941. The summed E-state index contributed by atoms with van der Waals surface area (Å²) >= 11 is 1.36. The number of amides is 1. The van der Waals surface area contributed by atoms with E-state index in [0.717, 1.165) is 16.1 Å². The van der Waals surface area contributed by atoms with E-state index in [0.29, 0.717) is 22.1 Å². The van der Waals surface area contributed by atoms with E-state index < -0.39 is 0 Å². The predicted octanol–water partition coefficient (Wildman–Crippen LogP) is 4.02. The maximum atomic E-state index is 12.7. The molecule has 3 aromatic rings. The molecule has 2 aromatic heterocycles. The summed E-state index contributed by atoms with van der Waals surface area (Å²) in [7, 11) is 3.18. The van der Waals surface area contributed by atoms with Crippen LogP contribution in [0.2, 0.25) is 0 Å². The van der Waals surface area contributed by atoms with E-state index in [1.54, 1.807) is 26.6 Å². The van der Waals surface area contributed by atoms with Crippen LogP contribution in [0.3, 0.4) is 0 Å². The number of ether oxygens (including phenoxy) is 2. The first kappa shape index (κ1) is 18.8. The van der Waals surface area contributed by atoms with Crippen LogP contribution in [0.5, 0.6) is 11.5 Å². The van der Waals surface area contributed by atoms with Crippen molar-refractivity contribution in [1.29, 1.82) is 0 Å². The maximum Gasteiger partial charge on any atom is 0.263 e. The molecule has 0 fully saturated rings. The first-order valence-electron chi connectivity index (χ1n) is 8.44. The summed E-state index contributed by atoms with van der Waals surface area (Å²) in [4.78, 5) is 22.0. The zero-order valence-corrected chi connectivity index (χ0v) is 16.5. The second kappa shape index (κ2) is 8.18. The number of aryl methyl sites for hydroxylation is 1. The molecule has 0 spiro atoms. The first-order valence-corrected chi connectivity index (χ1v) is 9.25. The van der Waals surface area contributed by atoms with Gasteiger partial charge in [-0.15, -0.1) is 11.3 Å². The molecule has 0 aliphatic carbocycles. The molecule has 140 valence electrons. The lowest BCUT2D eigenvalue weighted by molar-refractivity contribution is 0.0943. The van der Waals surface area contributed by atoms with Gasteiger partial charge in [-0.25, -0.2) is 4.98 Å². The highest BCUT2D eigenvalue weighted by Crippen LogP contribution is 2.35. The standard InChI is InChI=1S/C20H21N3O3S/c1-12(15-6-5-9-21-11-15)22-19(24)18-13(2)23-20(27-18)14-7-8-16(25-3)17(10-14)26-4/h5-12H,1-4H3,(H,22,24). The highest BCUT2D eigenvalue weighted by atomic mass is 32.1. The summed E-state index contributed by atoms with van der Waals surface area (Å²) in [5, 5.41) is 3.76. The number of thiazole rings is 1. The Hall–Kier alpha value is -2.93. The molecule has 0 saturated heterocycles. The first-order chi connectivity index (χ1) is 13.0. The predicted molar refractivity (Wildman–Crippen MR) is 106 cm³/mol. The molecule has 3 rings (SSSR count). The molecule has 2 heterocycles. The quantitative estimate of drug-likeness (QED) is 0.696. The number of carbonyl (C=O) groups is 1. The van der Waals surface area contributed by atoms with Gasteiger partial charge < -0.3 is 14.8 Å². The van der Waals surface area contributed by atoms with Crippen LogP contribution in [-0.2, 0) is 0 Å². The normalized spacial score (nSPS) is 11.7. The average molecular weight is 383 g/mol. The third-order valence-corrected chi connectivity index (χ3v) is 5.37. The van der Waals surface area contributed by atoms with Crippen molar-refractivity contribution in [2.24, 2.45) is 0 Å². The molecule has 7 heteroatoms. The third kappa shape index (κ3) is 4.09. The minimum absolute atomic E-state index is 0.141. The highest BCUT2D eigenvalue weighted by molar-refractivity contribution is 7.17. The largest absolute Gasteiger partial charge is 0.493 e. The van der Waals surface area contributed by atoms with Crippen molar-refractivity contribution in [3.63, 3.8) is 0 Å². The number of benzene rings is 1. The second-order valence-electron chi connectivity index (χ2n) is 5.98. The summed E-state index contributed by atoms with van der Waals surface area (Å²) in [6, 6.07) is 9.24. The number of nitrogens with one attached hydrogen (secondary N) is 1. The lowest BCUT2D eigenvalue weighted by Crippen LogP contribution is -2.26. The van der Waals surface area contributed by atoms with E-state index in [2.05, 4.69) is 15.3 Å². The van der Waals surface area contributed by atoms with Crippen LogP contribution in [-0.4, -0.2) is 30.1 Å². The number of methoxy groups -OCH3 is 2. The molecule has 1 aromatic carbocycles. The van der Waals surface area contributed by atoms with Gasteiger partial charge in [0.05, 0.1) is 26.0 Å². The van der Waals surface area contributed by atoms with Crippen LogP contribution in [0, 0.1) is 6.92 Å². The van der Waals surface area contributed by atoms with Gasteiger partial charge in [-0.3, -0.25) is 9.78 Å². The molecular weight excluding hydrogens is 362 g/mol. The Morgan fingerprint density at radius 2 is 1.96 bits per heavy atom. The second-order valence-corrected chi connectivity index (χ2v) is 6.98. The fraction of sp³-hybridized carbons (Fsp3) is 0.250. The Labute approximate surface area is 162 Å². The molecular formula is C20H21N3O3S. The van der Waals surface area contributed by atoms with Crippen molar-refractivity contribution >= 4 is 17.2 Å². The maximum absolute atomic E-state index is 12.7. The van der Waals surface area contributed by atoms with E-state index >= 15 is 0 Å². The van der Waals surface area contributed by atoms with E-state index in [9.17, 15) is 4.79 Å². The van der Waals surface area contributed by atoms with Crippen LogP contribution < -0.4 is 14.8 Å². The molecule has 0 saturated carbocycles. The van der Waals surface area contributed by atoms with Crippen molar-refractivity contribution in [2.45, 2.75) is 19.9 Å². The fourth-order valence-electron chi connectivity index (χ4n) is 2.68. The van der Waals surface area contributed by atoms with Gasteiger partial charge in [-0.1, -0.05) is 6.07 Å². The van der Waals surface area contributed by atoms with Crippen LogP contribution in [0.15, 0.2) is 42.7 Å². The van der Waals surface area contributed by atoms with E-state index in [4.69, 9.17) is 9.47 Å². The Morgan fingerprint density at radius 3 is 2.63 bits per heavy atom. The Morgan fingerprint density at radius 1 is 1.19 bits per heavy atom. The average Bonchev–Trinajstić information content (AvgIpc) is 3.09. The Kier molecular flexibility index (Phi) is 5.71. The van der Waals surface area contributed by atoms with Crippen LogP contribution in [0.4, 0.5) is 0 Å². The van der Waals surface area contributed by atoms with E-state index in [1.165, 1.54) is 11.3 Å². The number of nitrogens with zero attached hydrogens (tertiary/aromatic N) is 2. The number of pyridine rings is 1. The van der Waals surface area contributed by atoms with Crippen molar-refractivity contribution in [1.82, 2.24) is 15.3 Å². The van der Waals surface area contributed by atoms with Crippen molar-refractivity contribution in [3.05, 3.63) is 58.9 Å². The minimum Gasteiger partial charge on any atom is -0.493 e. The molecule has 27 heavy (non-hydrogen) atoms. The molecule has 0 aliphatic heterocycles. The van der Waals surface area contributed by atoms with Gasteiger partial charge in [0, 0.05) is 18.0 Å². The zero-order valence-electron chi connectivity index (χ0n) is 15.6. The highest BCUT2D eigenvalue weighted by Gasteiger charge is 2.19. The van der Waals surface area contributed by atoms with Crippen molar-refractivity contribution < 1.29 is 14.3 Å². The summed E-state index contributed by atoms with van der Waals surface area (Å²) in [5.41, 5.74) is 2.52. The molecule has 1 atom stereocenters. The third-order valence-electron chi connectivity index (χ3n) is 4.17.